The van der Waals surface area contributed by atoms with Crippen LogP contribution >= 0.6 is 23.6 Å². The van der Waals surface area contributed by atoms with Crippen molar-refractivity contribution in [2.24, 2.45) is 5.10 Å². The average molecular weight is 380 g/mol. The summed E-state index contributed by atoms with van der Waals surface area (Å²) in [5.41, 5.74) is 3.19. The van der Waals surface area contributed by atoms with E-state index in [0.29, 0.717) is 21.1 Å². The minimum atomic E-state index is -0.654. The first kappa shape index (κ1) is 19.1. The van der Waals surface area contributed by atoms with E-state index in [4.69, 9.17) is 17.0 Å². The molecule has 2 rings (SSSR count). The highest BCUT2D eigenvalue weighted by Gasteiger charge is 2.17. The van der Waals surface area contributed by atoms with E-state index in [1.807, 2.05) is 30.3 Å². The summed E-state index contributed by atoms with van der Waals surface area (Å²) >= 11 is 6.58. The highest BCUT2D eigenvalue weighted by Crippen LogP contribution is 2.27. The molecule has 1 aromatic heterocycles. The summed E-state index contributed by atoms with van der Waals surface area (Å²) in [6, 6.07) is 9.72. The number of benzene rings is 1. The van der Waals surface area contributed by atoms with Crippen LogP contribution in [0.3, 0.4) is 0 Å². The van der Waals surface area contributed by atoms with Crippen LogP contribution < -0.4 is 5.43 Å². The summed E-state index contributed by atoms with van der Waals surface area (Å²) in [7, 11) is 0. The van der Waals surface area contributed by atoms with Crippen LogP contribution in [0.4, 0.5) is 4.79 Å². The molecule has 0 aliphatic carbocycles. The minimum Gasteiger partial charge on any atom is -0.493 e. The number of aromatic hydroxyl groups is 1. The molecule has 0 bridgehead atoms. The number of ether oxygens (including phenoxy) is 1. The number of amides is 1. The lowest BCUT2D eigenvalue weighted by molar-refractivity contribution is 0.0529. The van der Waals surface area contributed by atoms with Crippen LogP contribution in [-0.4, -0.2) is 27.1 Å². The largest absolute Gasteiger partial charge is 0.493 e. The zero-order chi connectivity index (χ0) is 18.6. The van der Waals surface area contributed by atoms with Crippen molar-refractivity contribution in [1.29, 1.82) is 0 Å². The smallest absolute Gasteiger partial charge is 0.428 e. The number of nitrogens with zero attached hydrogens (tertiary/aromatic N) is 2. The fraction of sp³-hybridized carbons (Fsp3) is 0.353. The fourth-order valence-corrected chi connectivity index (χ4v) is 3.25. The molecule has 1 aromatic carbocycles. The summed E-state index contributed by atoms with van der Waals surface area (Å²) < 4.78 is 7.29. The van der Waals surface area contributed by atoms with Gasteiger partial charge >= 0.3 is 6.09 Å². The SMILES string of the molecule is C/C(=N\NC(=O)OC(C)(C)C)c1sc(=S)n(Cc2ccccc2)c1O. The van der Waals surface area contributed by atoms with Crippen LogP contribution in [0.15, 0.2) is 35.4 Å². The van der Waals surface area contributed by atoms with Gasteiger partial charge in [-0.25, -0.2) is 10.2 Å². The Labute approximate surface area is 155 Å². The lowest BCUT2D eigenvalue weighted by Gasteiger charge is -2.18. The normalized spacial score (nSPS) is 12.1. The van der Waals surface area contributed by atoms with Crippen molar-refractivity contribution < 1.29 is 14.6 Å². The van der Waals surface area contributed by atoms with E-state index in [1.54, 1.807) is 32.3 Å². The molecule has 0 spiro atoms. The predicted molar refractivity (Wildman–Crippen MR) is 102 cm³/mol. The third-order valence-corrected chi connectivity index (χ3v) is 4.64. The van der Waals surface area contributed by atoms with E-state index in [9.17, 15) is 9.90 Å². The summed E-state index contributed by atoms with van der Waals surface area (Å²) in [6.07, 6.45) is -0.654. The lowest BCUT2D eigenvalue weighted by atomic mass is 10.2. The van der Waals surface area contributed by atoms with E-state index in [0.717, 1.165) is 5.56 Å². The van der Waals surface area contributed by atoms with Gasteiger partial charge in [-0.1, -0.05) is 41.7 Å². The molecule has 0 saturated carbocycles. The maximum atomic E-state index is 11.7. The van der Waals surface area contributed by atoms with Crippen molar-refractivity contribution in [1.82, 2.24) is 9.99 Å². The first-order chi connectivity index (χ1) is 11.7. The summed E-state index contributed by atoms with van der Waals surface area (Å²) in [5.74, 6) is 0.0334. The molecule has 25 heavy (non-hydrogen) atoms. The molecule has 1 amide bonds. The molecular formula is C17H21N3O3S2. The molecule has 134 valence electrons. The van der Waals surface area contributed by atoms with E-state index in [-0.39, 0.29) is 5.88 Å². The Morgan fingerprint density at radius 1 is 1.36 bits per heavy atom. The van der Waals surface area contributed by atoms with Crippen LogP contribution in [0.5, 0.6) is 5.88 Å². The van der Waals surface area contributed by atoms with E-state index in [1.165, 1.54) is 11.3 Å². The third kappa shape index (κ3) is 5.40. The number of aromatic nitrogens is 1. The standard InChI is InChI=1S/C17H21N3O3S2/c1-11(18-19-15(22)23-17(2,3)4)13-14(21)20(16(24)25-13)10-12-8-6-5-7-9-12/h5-9,21H,10H2,1-4H3,(H,19,22)/b18-11+. The number of carbonyl (C=O) groups excluding carboxylic acids is 1. The third-order valence-electron chi connectivity index (χ3n) is 3.09. The van der Waals surface area contributed by atoms with E-state index < -0.39 is 11.7 Å². The molecule has 2 aromatic rings. The Balaban J connectivity index is 2.17. The van der Waals surface area contributed by atoms with Crippen molar-refractivity contribution in [3.63, 3.8) is 0 Å². The van der Waals surface area contributed by atoms with Gasteiger partial charge in [-0.2, -0.15) is 5.10 Å². The highest BCUT2D eigenvalue weighted by molar-refractivity contribution is 7.73. The number of hydrogen-bond donors (Lipinski definition) is 2. The molecule has 8 heteroatoms. The van der Waals surface area contributed by atoms with Gasteiger partial charge in [-0.3, -0.25) is 4.57 Å². The molecule has 0 aliphatic rings. The lowest BCUT2D eigenvalue weighted by Crippen LogP contribution is -2.30. The van der Waals surface area contributed by atoms with Gasteiger partial charge in [0.1, 0.15) is 10.5 Å². The second-order valence-electron chi connectivity index (χ2n) is 6.40. The van der Waals surface area contributed by atoms with Gasteiger partial charge in [0.2, 0.25) is 5.88 Å². The van der Waals surface area contributed by atoms with Crippen molar-refractivity contribution in [2.75, 3.05) is 0 Å². The van der Waals surface area contributed by atoms with Crippen molar-refractivity contribution in [3.8, 4) is 5.88 Å². The first-order valence-electron chi connectivity index (χ1n) is 7.67. The molecule has 0 atom stereocenters. The number of hydrazone groups is 1. The molecule has 0 saturated heterocycles. The molecule has 0 radical (unpaired) electrons. The maximum Gasteiger partial charge on any atom is 0.428 e. The van der Waals surface area contributed by atoms with Crippen LogP contribution in [-0.2, 0) is 11.3 Å². The van der Waals surface area contributed by atoms with E-state index in [2.05, 4.69) is 10.5 Å². The Kier molecular flexibility index (Phi) is 5.97. The molecule has 0 fully saturated rings. The van der Waals surface area contributed by atoms with Gasteiger partial charge in [-0.05, 0) is 45.5 Å². The van der Waals surface area contributed by atoms with Crippen LogP contribution in [0.25, 0.3) is 0 Å². The van der Waals surface area contributed by atoms with E-state index >= 15 is 0 Å². The number of hydrogen-bond acceptors (Lipinski definition) is 6. The average Bonchev–Trinajstić information content (AvgIpc) is 2.80. The highest BCUT2D eigenvalue weighted by atomic mass is 32.1. The molecule has 2 N–H and O–H groups in total. The Morgan fingerprint density at radius 3 is 2.60 bits per heavy atom. The Bertz CT molecular complexity index is 833. The van der Waals surface area contributed by atoms with Gasteiger partial charge in [-0.15, -0.1) is 0 Å². The molecule has 0 unspecified atom stereocenters. The Morgan fingerprint density at radius 2 is 2.00 bits per heavy atom. The van der Waals surface area contributed by atoms with Crippen molar-refractivity contribution in [2.45, 2.75) is 39.8 Å². The fourth-order valence-electron chi connectivity index (χ4n) is 2.02. The maximum absolute atomic E-state index is 11.7. The topological polar surface area (TPSA) is 75.8 Å². The number of rotatable bonds is 4. The molecular weight excluding hydrogens is 358 g/mol. The Hall–Kier alpha value is -2.19. The first-order valence-corrected chi connectivity index (χ1v) is 8.90. The molecule has 6 nitrogen and oxygen atoms in total. The zero-order valence-corrected chi connectivity index (χ0v) is 16.2. The van der Waals surface area contributed by atoms with Gasteiger partial charge in [0.05, 0.1) is 12.3 Å². The quantitative estimate of drug-likeness (QED) is 0.472. The van der Waals surface area contributed by atoms with Crippen molar-refractivity contribution in [3.05, 3.63) is 44.7 Å². The van der Waals surface area contributed by atoms with Crippen LogP contribution in [0.1, 0.15) is 38.1 Å². The van der Waals surface area contributed by atoms with Crippen molar-refractivity contribution >= 4 is 35.4 Å². The van der Waals surface area contributed by atoms with Gasteiger partial charge in [0.25, 0.3) is 0 Å². The zero-order valence-electron chi connectivity index (χ0n) is 14.6. The summed E-state index contributed by atoms with van der Waals surface area (Å²) in [4.78, 5) is 12.2. The van der Waals surface area contributed by atoms with Gasteiger partial charge < -0.3 is 9.84 Å². The summed E-state index contributed by atoms with van der Waals surface area (Å²) in [6.45, 7) is 7.46. The monoisotopic (exact) mass is 379 g/mol. The molecule has 0 aliphatic heterocycles. The predicted octanol–water partition coefficient (Wildman–Crippen LogP) is 4.28. The van der Waals surface area contributed by atoms with Gasteiger partial charge in [0.15, 0.2) is 3.95 Å². The van der Waals surface area contributed by atoms with Crippen LogP contribution in [0.2, 0.25) is 0 Å². The molecule has 1 heterocycles. The summed E-state index contributed by atoms with van der Waals surface area (Å²) in [5, 5.41) is 14.5. The second kappa shape index (κ2) is 7.79. The van der Waals surface area contributed by atoms with Gasteiger partial charge in [0, 0.05) is 0 Å². The number of thiazole rings is 1. The van der Waals surface area contributed by atoms with Crippen LogP contribution in [0, 0.1) is 3.95 Å². The second-order valence-corrected chi connectivity index (χ2v) is 8.05. The number of nitrogens with one attached hydrogen (secondary N) is 1. The number of carbonyl (C=O) groups is 1. The minimum absolute atomic E-state index is 0.0334.